The molecule has 1 aliphatic rings. The topological polar surface area (TPSA) is 37.4 Å². The molecule has 0 fully saturated rings. The Bertz CT molecular complexity index is 947. The third-order valence-corrected chi connectivity index (χ3v) is 6.75. The van der Waals surface area contributed by atoms with Gasteiger partial charge in [-0.05, 0) is 59.1 Å². The van der Waals surface area contributed by atoms with Crippen LogP contribution < -0.4 is 0 Å². The smallest absolute Gasteiger partial charge is 0.223 e. The van der Waals surface area contributed by atoms with E-state index in [4.69, 9.17) is 0 Å². The molecule has 4 rings (SSSR count). The Kier molecular flexibility index (Phi) is 5.18. The normalized spacial score (nSPS) is 16.2. The van der Waals surface area contributed by atoms with E-state index < -0.39 is 0 Å². The molecule has 1 aromatic carbocycles. The molecule has 3 aromatic rings. The number of thiophene rings is 2. The fraction of sp³-hybridized carbons (Fsp3) is 0.238. The number of carbonyl (C=O) groups excluding carboxylic acids is 2. The highest BCUT2D eigenvalue weighted by Gasteiger charge is 2.33. The molecule has 1 aliphatic heterocycles. The van der Waals surface area contributed by atoms with Crippen molar-refractivity contribution in [2.75, 3.05) is 6.54 Å². The van der Waals surface area contributed by atoms with Gasteiger partial charge in [0.1, 0.15) is 5.82 Å². The van der Waals surface area contributed by atoms with Crippen molar-refractivity contribution >= 4 is 34.4 Å². The summed E-state index contributed by atoms with van der Waals surface area (Å²) in [5.41, 5.74) is 1.64. The quantitative estimate of drug-likeness (QED) is 0.561. The maximum atomic E-state index is 13.0. The minimum atomic E-state index is -0.374. The van der Waals surface area contributed by atoms with Gasteiger partial charge in [-0.3, -0.25) is 9.59 Å². The van der Waals surface area contributed by atoms with Crippen molar-refractivity contribution < 1.29 is 14.0 Å². The molecule has 6 heteroatoms. The van der Waals surface area contributed by atoms with E-state index in [-0.39, 0.29) is 36.4 Å². The van der Waals surface area contributed by atoms with Crippen LogP contribution in [0.1, 0.15) is 44.6 Å². The number of rotatable bonds is 5. The van der Waals surface area contributed by atoms with Gasteiger partial charge in [0.25, 0.3) is 0 Å². The maximum Gasteiger partial charge on any atom is 0.223 e. The van der Waals surface area contributed by atoms with Crippen LogP contribution in [0.15, 0.2) is 53.2 Å². The summed E-state index contributed by atoms with van der Waals surface area (Å²) in [6.45, 7) is 0.666. The number of nitrogens with zero attached hydrogens (tertiary/aromatic N) is 1. The van der Waals surface area contributed by atoms with Crippen molar-refractivity contribution in [3.63, 3.8) is 0 Å². The van der Waals surface area contributed by atoms with Crippen molar-refractivity contribution in [1.29, 1.82) is 0 Å². The number of ketones is 1. The number of hydrogen-bond donors (Lipinski definition) is 0. The minimum Gasteiger partial charge on any atom is -0.330 e. The summed E-state index contributed by atoms with van der Waals surface area (Å²) in [6, 6.07) is 11.6. The predicted molar refractivity (Wildman–Crippen MR) is 106 cm³/mol. The van der Waals surface area contributed by atoms with Crippen LogP contribution in [0.5, 0.6) is 0 Å². The largest absolute Gasteiger partial charge is 0.330 e. The highest BCUT2D eigenvalue weighted by atomic mass is 32.1. The van der Waals surface area contributed by atoms with Gasteiger partial charge in [0, 0.05) is 34.7 Å². The number of benzene rings is 1. The van der Waals surface area contributed by atoms with E-state index in [1.165, 1.54) is 34.7 Å². The molecule has 3 nitrogen and oxygen atoms in total. The first-order chi connectivity index (χ1) is 13.1. The Labute approximate surface area is 165 Å². The maximum absolute atomic E-state index is 13.0. The highest BCUT2D eigenvalue weighted by molar-refractivity contribution is 7.10. The average Bonchev–Trinajstić information content (AvgIpc) is 3.37. The van der Waals surface area contributed by atoms with Crippen molar-refractivity contribution in [3.8, 4) is 0 Å². The van der Waals surface area contributed by atoms with Gasteiger partial charge in [-0.25, -0.2) is 4.39 Å². The number of hydrogen-bond acceptors (Lipinski definition) is 4. The second-order valence-corrected chi connectivity index (χ2v) is 8.46. The lowest BCUT2D eigenvalue weighted by Gasteiger charge is -2.35. The zero-order valence-electron chi connectivity index (χ0n) is 14.6. The number of carbonyl (C=O) groups is 2. The SMILES string of the molecule is O=C(CCC(=O)N1CCc2sccc2C1c1cccs1)c1ccc(F)cc1. The van der Waals surface area contributed by atoms with Gasteiger partial charge < -0.3 is 4.90 Å². The summed E-state index contributed by atoms with van der Waals surface area (Å²) in [7, 11) is 0. The molecule has 0 aliphatic carbocycles. The van der Waals surface area contributed by atoms with Crippen LogP contribution in [0.4, 0.5) is 4.39 Å². The van der Waals surface area contributed by atoms with E-state index in [0.717, 1.165) is 11.3 Å². The van der Waals surface area contributed by atoms with Gasteiger partial charge in [-0.1, -0.05) is 6.07 Å². The van der Waals surface area contributed by atoms with E-state index in [2.05, 4.69) is 17.5 Å². The van der Waals surface area contributed by atoms with Crippen molar-refractivity contribution in [1.82, 2.24) is 4.90 Å². The van der Waals surface area contributed by atoms with Crippen LogP contribution in [0.25, 0.3) is 0 Å². The van der Waals surface area contributed by atoms with E-state index in [9.17, 15) is 14.0 Å². The lowest BCUT2D eigenvalue weighted by Crippen LogP contribution is -2.39. The first kappa shape index (κ1) is 18.1. The average molecular weight is 400 g/mol. The van der Waals surface area contributed by atoms with Gasteiger partial charge in [0.05, 0.1) is 6.04 Å². The van der Waals surface area contributed by atoms with Crippen LogP contribution in [0.2, 0.25) is 0 Å². The molecule has 0 spiro atoms. The van der Waals surface area contributed by atoms with Crippen LogP contribution in [0, 0.1) is 5.82 Å². The third kappa shape index (κ3) is 3.73. The van der Waals surface area contributed by atoms with Gasteiger partial charge in [0.15, 0.2) is 5.78 Å². The second-order valence-electron chi connectivity index (χ2n) is 6.48. The van der Waals surface area contributed by atoms with Crippen molar-refractivity contribution in [3.05, 3.63) is 79.9 Å². The minimum absolute atomic E-state index is 0.0132. The summed E-state index contributed by atoms with van der Waals surface area (Å²) in [4.78, 5) is 29.6. The number of amides is 1. The van der Waals surface area contributed by atoms with Crippen molar-refractivity contribution in [2.24, 2.45) is 0 Å². The van der Waals surface area contributed by atoms with Crippen LogP contribution in [-0.4, -0.2) is 23.1 Å². The molecule has 27 heavy (non-hydrogen) atoms. The van der Waals surface area contributed by atoms with Crippen molar-refractivity contribution in [2.45, 2.75) is 25.3 Å². The highest BCUT2D eigenvalue weighted by Crippen LogP contribution is 2.39. The molecular weight excluding hydrogens is 381 g/mol. The number of Topliss-reactive ketones (excluding diaryl/α,β-unsaturated/α-hetero) is 1. The summed E-state index contributed by atoms with van der Waals surface area (Å²) in [5, 5.41) is 4.11. The third-order valence-electron chi connectivity index (χ3n) is 4.83. The summed E-state index contributed by atoms with van der Waals surface area (Å²) in [6.07, 6.45) is 1.15. The summed E-state index contributed by atoms with van der Waals surface area (Å²) in [5.74, 6) is -0.522. The van der Waals surface area contributed by atoms with Crippen LogP contribution >= 0.6 is 22.7 Å². The summed E-state index contributed by atoms with van der Waals surface area (Å²) < 4.78 is 13.0. The fourth-order valence-corrected chi connectivity index (χ4v) is 5.24. The Morgan fingerprint density at radius 3 is 2.59 bits per heavy atom. The molecule has 1 amide bonds. The van der Waals surface area contributed by atoms with E-state index >= 15 is 0 Å². The first-order valence-corrected chi connectivity index (χ1v) is 10.6. The molecule has 0 saturated heterocycles. The molecule has 2 aromatic heterocycles. The molecule has 0 N–H and O–H groups in total. The Hall–Kier alpha value is -2.31. The van der Waals surface area contributed by atoms with Gasteiger partial charge >= 0.3 is 0 Å². The molecular formula is C21H18FNO2S2. The summed E-state index contributed by atoms with van der Waals surface area (Å²) >= 11 is 3.39. The molecule has 0 radical (unpaired) electrons. The fourth-order valence-electron chi connectivity index (χ4n) is 3.48. The van der Waals surface area contributed by atoms with E-state index in [1.807, 2.05) is 16.3 Å². The lowest BCUT2D eigenvalue weighted by atomic mass is 9.97. The molecule has 0 bridgehead atoms. The molecule has 1 unspecified atom stereocenters. The van der Waals surface area contributed by atoms with Crippen LogP contribution in [0.3, 0.4) is 0 Å². The van der Waals surface area contributed by atoms with Crippen LogP contribution in [-0.2, 0) is 11.2 Å². The second kappa shape index (κ2) is 7.74. The first-order valence-electron chi connectivity index (χ1n) is 8.81. The Morgan fingerprint density at radius 2 is 1.85 bits per heavy atom. The molecule has 1 atom stereocenters. The Morgan fingerprint density at radius 1 is 1.04 bits per heavy atom. The number of halogens is 1. The zero-order valence-corrected chi connectivity index (χ0v) is 16.2. The van der Waals surface area contributed by atoms with E-state index in [1.54, 1.807) is 22.7 Å². The Balaban J connectivity index is 1.49. The zero-order chi connectivity index (χ0) is 18.8. The van der Waals surface area contributed by atoms with E-state index in [0.29, 0.717) is 12.1 Å². The van der Waals surface area contributed by atoms with Gasteiger partial charge in [0.2, 0.25) is 5.91 Å². The van der Waals surface area contributed by atoms with Gasteiger partial charge in [-0.15, -0.1) is 22.7 Å². The monoisotopic (exact) mass is 399 g/mol. The molecule has 138 valence electrons. The predicted octanol–water partition coefficient (Wildman–Crippen LogP) is 5.09. The van der Waals surface area contributed by atoms with Gasteiger partial charge in [-0.2, -0.15) is 0 Å². The lowest BCUT2D eigenvalue weighted by molar-refractivity contribution is -0.133. The standard InChI is InChI=1S/C21H18FNO2S2/c22-15-5-3-14(4-6-15)17(24)7-8-20(25)23-11-9-18-16(10-13-27-18)21(23)19-2-1-12-26-19/h1-6,10,12-13,21H,7-9,11H2. The molecule has 3 heterocycles. The number of fused-ring (bicyclic) bond motifs is 1. The molecule has 0 saturated carbocycles.